The van der Waals surface area contributed by atoms with Crippen molar-refractivity contribution < 1.29 is 13.2 Å². The van der Waals surface area contributed by atoms with Crippen LogP contribution in [0.3, 0.4) is 0 Å². The van der Waals surface area contributed by atoms with Gasteiger partial charge in [-0.05, 0) is 38.0 Å². The predicted octanol–water partition coefficient (Wildman–Crippen LogP) is 3.94. The highest BCUT2D eigenvalue weighted by molar-refractivity contribution is 7.92. The van der Waals surface area contributed by atoms with E-state index in [1.807, 2.05) is 0 Å². The van der Waals surface area contributed by atoms with Crippen molar-refractivity contribution in [3.8, 4) is 0 Å². The second-order valence-corrected chi connectivity index (χ2v) is 9.27. The molecule has 1 amide bonds. The van der Waals surface area contributed by atoms with Gasteiger partial charge in [0.15, 0.2) is 0 Å². The highest BCUT2D eigenvalue weighted by Crippen LogP contribution is 2.33. The zero-order chi connectivity index (χ0) is 18.8. The molecule has 1 saturated carbocycles. The lowest BCUT2D eigenvalue weighted by atomic mass is 9.94. The minimum Gasteiger partial charge on any atom is -0.341 e. The maximum Gasteiger partial charge on any atom is 0.246 e. The molecule has 0 spiro atoms. The van der Waals surface area contributed by atoms with Crippen LogP contribution in [0.1, 0.15) is 39.0 Å². The second kappa shape index (κ2) is 8.14. The van der Waals surface area contributed by atoms with E-state index in [1.165, 1.54) is 18.6 Å². The van der Waals surface area contributed by atoms with Crippen LogP contribution >= 0.6 is 23.2 Å². The molecule has 0 radical (unpaired) electrons. The van der Waals surface area contributed by atoms with Gasteiger partial charge >= 0.3 is 0 Å². The van der Waals surface area contributed by atoms with Crippen molar-refractivity contribution in [1.29, 1.82) is 0 Å². The number of anilines is 1. The summed E-state index contributed by atoms with van der Waals surface area (Å²) in [5.74, 6) is -0.242. The Kier molecular flexibility index (Phi) is 6.62. The van der Waals surface area contributed by atoms with Gasteiger partial charge in [-0.3, -0.25) is 9.10 Å². The molecule has 1 atom stereocenters. The van der Waals surface area contributed by atoms with E-state index in [9.17, 15) is 13.2 Å². The Hall–Kier alpha value is -0.980. The third kappa shape index (κ3) is 4.80. The molecular weight excluding hydrogens is 383 g/mol. The summed E-state index contributed by atoms with van der Waals surface area (Å²) in [6.07, 6.45) is 6.33. The van der Waals surface area contributed by atoms with Crippen LogP contribution in [0.15, 0.2) is 18.2 Å². The predicted molar refractivity (Wildman–Crippen MR) is 103 cm³/mol. The molecule has 0 N–H and O–H groups in total. The summed E-state index contributed by atoms with van der Waals surface area (Å²) in [5, 5.41) is 0.586. The zero-order valence-corrected chi connectivity index (χ0v) is 17.0. The number of carbonyl (C=O) groups is 1. The highest BCUT2D eigenvalue weighted by atomic mass is 35.5. The average Bonchev–Trinajstić information content (AvgIpc) is 2.56. The Morgan fingerprint density at radius 3 is 2.36 bits per heavy atom. The van der Waals surface area contributed by atoms with Gasteiger partial charge in [-0.1, -0.05) is 42.5 Å². The fourth-order valence-corrected chi connectivity index (χ4v) is 4.97. The van der Waals surface area contributed by atoms with E-state index >= 15 is 0 Å². The summed E-state index contributed by atoms with van der Waals surface area (Å²) in [6.45, 7) is 1.58. The van der Waals surface area contributed by atoms with Crippen molar-refractivity contribution in [3.05, 3.63) is 28.2 Å². The number of amides is 1. The number of carbonyl (C=O) groups excluding carboxylic acids is 1. The Bertz CT molecular complexity index is 733. The number of likely N-dealkylation sites (N-methyl/N-ethyl adjacent to an activating group) is 1. The van der Waals surface area contributed by atoms with Crippen molar-refractivity contribution in [3.63, 3.8) is 0 Å². The van der Waals surface area contributed by atoms with Gasteiger partial charge in [-0.2, -0.15) is 0 Å². The molecule has 0 saturated heterocycles. The molecule has 0 bridgehead atoms. The SMILES string of the molecule is C[C@H](C(=O)N(C)C1CCCCC1)N(c1cc(Cl)ccc1Cl)S(C)(=O)=O. The van der Waals surface area contributed by atoms with Gasteiger partial charge in [0.05, 0.1) is 17.0 Å². The molecule has 2 rings (SSSR count). The van der Waals surface area contributed by atoms with Gasteiger partial charge in [-0.15, -0.1) is 0 Å². The Balaban J connectivity index is 2.34. The quantitative estimate of drug-likeness (QED) is 0.743. The normalized spacial score (nSPS) is 17.2. The average molecular weight is 407 g/mol. The number of halogens is 2. The Morgan fingerprint density at radius 2 is 1.80 bits per heavy atom. The van der Waals surface area contributed by atoms with E-state index < -0.39 is 16.1 Å². The number of nitrogens with zero attached hydrogens (tertiary/aromatic N) is 2. The molecule has 0 unspecified atom stereocenters. The molecule has 0 aliphatic heterocycles. The molecule has 8 heteroatoms. The molecule has 0 aromatic heterocycles. The van der Waals surface area contributed by atoms with Crippen LogP contribution in [-0.4, -0.2) is 44.6 Å². The molecule has 25 heavy (non-hydrogen) atoms. The van der Waals surface area contributed by atoms with Gasteiger partial charge in [0.1, 0.15) is 6.04 Å². The Morgan fingerprint density at radius 1 is 1.20 bits per heavy atom. The fraction of sp³-hybridized carbons (Fsp3) is 0.588. The first-order chi connectivity index (χ1) is 11.6. The van der Waals surface area contributed by atoms with Gasteiger partial charge in [0, 0.05) is 18.1 Å². The molecule has 5 nitrogen and oxygen atoms in total. The first-order valence-corrected chi connectivity index (χ1v) is 10.9. The lowest BCUT2D eigenvalue weighted by molar-refractivity contribution is -0.133. The molecule has 1 fully saturated rings. The van der Waals surface area contributed by atoms with Crippen LogP contribution in [0.2, 0.25) is 10.0 Å². The molecule has 1 aromatic rings. The minimum atomic E-state index is -3.72. The molecule has 0 heterocycles. The third-order valence-electron chi connectivity index (χ3n) is 4.68. The van der Waals surface area contributed by atoms with Crippen molar-refractivity contribution in [2.45, 2.75) is 51.1 Å². The monoisotopic (exact) mass is 406 g/mol. The second-order valence-electron chi connectivity index (χ2n) is 6.57. The maximum absolute atomic E-state index is 12.9. The van der Waals surface area contributed by atoms with Crippen molar-refractivity contribution in [1.82, 2.24) is 4.90 Å². The number of hydrogen-bond donors (Lipinski definition) is 0. The lowest BCUT2D eigenvalue weighted by Gasteiger charge is -2.36. The summed E-state index contributed by atoms with van der Waals surface area (Å²) in [6, 6.07) is 3.82. The van der Waals surface area contributed by atoms with Crippen molar-refractivity contribution in [2.24, 2.45) is 0 Å². The van der Waals surface area contributed by atoms with Crippen LogP contribution in [-0.2, 0) is 14.8 Å². The largest absolute Gasteiger partial charge is 0.341 e. The van der Waals surface area contributed by atoms with Crippen LogP contribution in [0.25, 0.3) is 0 Å². The fourth-order valence-electron chi connectivity index (χ4n) is 3.37. The number of hydrogen-bond acceptors (Lipinski definition) is 3. The van der Waals surface area contributed by atoms with Crippen LogP contribution in [0, 0.1) is 0 Å². The van der Waals surface area contributed by atoms with E-state index in [-0.39, 0.29) is 22.7 Å². The number of benzene rings is 1. The van der Waals surface area contributed by atoms with Gasteiger partial charge in [0.2, 0.25) is 15.9 Å². The minimum absolute atomic E-state index is 0.153. The summed E-state index contributed by atoms with van der Waals surface area (Å²) in [5.41, 5.74) is 0.217. The zero-order valence-electron chi connectivity index (χ0n) is 14.7. The summed E-state index contributed by atoms with van der Waals surface area (Å²) >= 11 is 12.2. The van der Waals surface area contributed by atoms with E-state index in [4.69, 9.17) is 23.2 Å². The van der Waals surface area contributed by atoms with E-state index in [1.54, 1.807) is 24.9 Å². The first-order valence-electron chi connectivity index (χ1n) is 8.34. The topological polar surface area (TPSA) is 57.7 Å². The van der Waals surface area contributed by atoms with Crippen molar-refractivity contribution >= 4 is 44.8 Å². The molecular formula is C17H24Cl2N2O3S. The van der Waals surface area contributed by atoms with E-state index in [0.717, 1.165) is 36.2 Å². The van der Waals surface area contributed by atoms with Crippen molar-refractivity contribution in [2.75, 3.05) is 17.6 Å². The number of rotatable bonds is 5. The van der Waals surface area contributed by atoms with E-state index in [2.05, 4.69) is 0 Å². The van der Waals surface area contributed by atoms with Crippen LogP contribution in [0.4, 0.5) is 5.69 Å². The standard InChI is InChI=1S/C17H24Cl2N2O3S/c1-12(17(22)20(2)14-7-5-4-6-8-14)21(25(3,23)24)16-11-13(18)9-10-15(16)19/h9-12,14H,4-8H2,1-3H3/t12-/m1/s1. The highest BCUT2D eigenvalue weighted by Gasteiger charge is 2.34. The Labute approximate surface area is 159 Å². The van der Waals surface area contributed by atoms with Gasteiger partial charge in [0.25, 0.3) is 0 Å². The molecule has 140 valence electrons. The summed E-state index contributed by atoms with van der Waals surface area (Å²) in [4.78, 5) is 14.6. The van der Waals surface area contributed by atoms with Crippen LogP contribution < -0.4 is 4.31 Å². The molecule has 1 aromatic carbocycles. The maximum atomic E-state index is 12.9. The van der Waals surface area contributed by atoms with Gasteiger partial charge < -0.3 is 4.90 Å². The van der Waals surface area contributed by atoms with Crippen LogP contribution in [0.5, 0.6) is 0 Å². The van der Waals surface area contributed by atoms with E-state index in [0.29, 0.717) is 5.02 Å². The number of sulfonamides is 1. The molecule has 1 aliphatic rings. The lowest BCUT2D eigenvalue weighted by Crippen LogP contribution is -2.51. The summed E-state index contributed by atoms with van der Waals surface area (Å²) in [7, 11) is -1.98. The molecule has 1 aliphatic carbocycles. The third-order valence-corrected chi connectivity index (χ3v) is 6.46. The smallest absolute Gasteiger partial charge is 0.246 e. The summed E-state index contributed by atoms with van der Waals surface area (Å²) < 4.78 is 25.8. The van der Waals surface area contributed by atoms with Gasteiger partial charge in [-0.25, -0.2) is 8.42 Å². The first kappa shape index (κ1) is 20.3.